The zero-order valence-electron chi connectivity index (χ0n) is 23.2. The van der Waals surface area contributed by atoms with Gasteiger partial charge < -0.3 is 14.4 Å². The minimum absolute atomic E-state index is 0.0771. The third-order valence-corrected chi connectivity index (χ3v) is 7.40. The van der Waals surface area contributed by atoms with Crippen LogP contribution >= 0.6 is 11.3 Å². The Morgan fingerprint density at radius 3 is 2.91 bits per heavy atom. The minimum atomic E-state index is -2.53. The van der Waals surface area contributed by atoms with E-state index in [0.717, 1.165) is 33.9 Å². The highest BCUT2D eigenvalue weighted by Gasteiger charge is 2.38. The number of ether oxygens (including phenoxy) is 2. The van der Waals surface area contributed by atoms with Crippen LogP contribution in [0.25, 0.3) is 17.1 Å². The number of benzene rings is 1. The number of amides is 1. The summed E-state index contributed by atoms with van der Waals surface area (Å²) in [6.45, 7) is 9.75. The van der Waals surface area contributed by atoms with Crippen LogP contribution in [0, 0.1) is 5.92 Å². The largest absolute Gasteiger partial charge is 0.496 e. The molecule has 0 radical (unpaired) electrons. The first-order valence-electron chi connectivity index (χ1n) is 13.3. The van der Waals surface area contributed by atoms with E-state index in [0.29, 0.717) is 56.4 Å². The summed E-state index contributed by atoms with van der Waals surface area (Å²) in [5.74, 6) is 1.36. The van der Waals surface area contributed by atoms with Crippen molar-refractivity contribution in [3.63, 3.8) is 0 Å². The Balaban J connectivity index is 1.68. The third kappa shape index (κ3) is 3.95. The van der Waals surface area contributed by atoms with Crippen molar-refractivity contribution in [2.45, 2.75) is 52.5 Å². The molecule has 7 heteroatoms. The van der Waals surface area contributed by atoms with Crippen LogP contribution in [0.2, 0.25) is 0 Å². The quantitative estimate of drug-likeness (QED) is 0.504. The van der Waals surface area contributed by atoms with Gasteiger partial charge in [-0.25, -0.2) is 4.98 Å². The molecular weight excluding hydrogens is 446 g/mol. The number of morpholine rings is 1. The molecule has 6 nitrogen and oxygen atoms in total. The fraction of sp³-hybridized carbons (Fsp3) is 0.481. The number of imidazole rings is 1. The van der Waals surface area contributed by atoms with Crippen LogP contribution in [-0.4, -0.2) is 52.7 Å². The Hall–Kier alpha value is -2.64. The zero-order valence-corrected chi connectivity index (χ0v) is 21.0. The normalized spacial score (nSPS) is 18.6. The van der Waals surface area contributed by atoms with Crippen LogP contribution in [0.1, 0.15) is 59.1 Å². The van der Waals surface area contributed by atoms with Gasteiger partial charge in [-0.15, -0.1) is 0 Å². The Morgan fingerprint density at radius 1 is 1.35 bits per heavy atom. The van der Waals surface area contributed by atoms with Gasteiger partial charge in [-0.1, -0.05) is 13.8 Å². The van der Waals surface area contributed by atoms with Gasteiger partial charge in [-0.2, -0.15) is 11.3 Å². The van der Waals surface area contributed by atoms with E-state index >= 15 is 0 Å². The van der Waals surface area contributed by atoms with Crippen molar-refractivity contribution in [1.82, 2.24) is 14.5 Å². The van der Waals surface area contributed by atoms with E-state index < -0.39 is 12.6 Å². The molecule has 5 rings (SSSR count). The van der Waals surface area contributed by atoms with Crippen molar-refractivity contribution in [1.29, 1.82) is 0 Å². The number of nitrogens with zero attached hydrogens (tertiary/aromatic N) is 3. The molecule has 0 unspecified atom stereocenters. The number of methoxy groups -OCH3 is 1. The van der Waals surface area contributed by atoms with Crippen molar-refractivity contribution in [3.8, 4) is 22.8 Å². The molecule has 2 aromatic heterocycles. The molecule has 0 bridgehead atoms. The minimum Gasteiger partial charge on any atom is -0.496 e. The van der Waals surface area contributed by atoms with Crippen molar-refractivity contribution in [2.24, 2.45) is 5.92 Å². The molecule has 1 saturated heterocycles. The highest BCUT2D eigenvalue weighted by Crippen LogP contribution is 2.38. The zero-order chi connectivity index (χ0) is 26.5. The molecule has 0 aliphatic carbocycles. The number of carbonyl (C=O) groups is 1. The molecular formula is C27H33N3O3S. The number of aryl methyl sites for hydroxylation is 1. The van der Waals surface area contributed by atoms with E-state index in [4.69, 9.17) is 18.6 Å². The summed E-state index contributed by atoms with van der Waals surface area (Å²) >= 11 is 1.58. The third-order valence-electron chi connectivity index (χ3n) is 6.72. The fourth-order valence-electron chi connectivity index (χ4n) is 5.07. The van der Waals surface area contributed by atoms with E-state index in [-0.39, 0.29) is 5.91 Å². The second-order valence-electron chi connectivity index (χ2n) is 10.2. The molecule has 2 aliphatic rings. The van der Waals surface area contributed by atoms with E-state index in [1.165, 1.54) is 0 Å². The second kappa shape index (κ2) is 8.86. The van der Waals surface area contributed by atoms with Gasteiger partial charge in [0.25, 0.3) is 5.91 Å². The summed E-state index contributed by atoms with van der Waals surface area (Å²) in [5, 5.41) is 4.04. The molecule has 0 saturated carbocycles. The van der Waals surface area contributed by atoms with Crippen molar-refractivity contribution in [2.75, 3.05) is 26.8 Å². The predicted molar refractivity (Wildman–Crippen MR) is 135 cm³/mol. The topological polar surface area (TPSA) is 56.6 Å². The molecule has 2 aliphatic heterocycles. The smallest absolute Gasteiger partial charge is 0.274 e. The molecule has 0 N–H and O–H groups in total. The molecule has 1 amide bonds. The van der Waals surface area contributed by atoms with Gasteiger partial charge in [0.2, 0.25) is 0 Å². The SMILES string of the molecule is [2H]C([2H])([2H])Oc1cc2c(cc1CC(C)C)-n1c(-c3ccsc3)nc(C(=O)N3CCOCC3(C)C)c1CC2. The lowest BCUT2D eigenvalue weighted by Gasteiger charge is -2.41. The maximum absolute atomic E-state index is 13.9. The van der Waals surface area contributed by atoms with Crippen LogP contribution in [0.3, 0.4) is 0 Å². The van der Waals surface area contributed by atoms with E-state index in [9.17, 15) is 4.79 Å². The van der Waals surface area contributed by atoms with Gasteiger partial charge in [0.15, 0.2) is 5.69 Å². The lowest BCUT2D eigenvalue weighted by atomic mass is 9.94. The van der Waals surface area contributed by atoms with Gasteiger partial charge in [0.05, 0.1) is 41.3 Å². The van der Waals surface area contributed by atoms with Crippen LogP contribution in [0.4, 0.5) is 0 Å². The molecule has 0 atom stereocenters. The Morgan fingerprint density at radius 2 is 2.21 bits per heavy atom. The molecule has 34 heavy (non-hydrogen) atoms. The Bertz CT molecular complexity index is 1310. The number of rotatable bonds is 5. The number of thiophene rings is 1. The highest BCUT2D eigenvalue weighted by atomic mass is 32.1. The van der Waals surface area contributed by atoms with Gasteiger partial charge in [0.1, 0.15) is 11.6 Å². The van der Waals surface area contributed by atoms with Crippen molar-refractivity contribution < 1.29 is 18.4 Å². The van der Waals surface area contributed by atoms with Crippen LogP contribution < -0.4 is 4.74 Å². The Labute approximate surface area is 209 Å². The first-order valence-corrected chi connectivity index (χ1v) is 12.8. The summed E-state index contributed by atoms with van der Waals surface area (Å²) in [5.41, 5.74) is 4.66. The lowest BCUT2D eigenvalue weighted by Crippen LogP contribution is -2.55. The Kier molecular flexibility index (Phi) is 5.12. The summed E-state index contributed by atoms with van der Waals surface area (Å²) in [6, 6.07) is 5.92. The highest BCUT2D eigenvalue weighted by molar-refractivity contribution is 7.08. The summed E-state index contributed by atoms with van der Waals surface area (Å²) in [4.78, 5) is 20.8. The number of fused-ring (bicyclic) bond motifs is 3. The maximum atomic E-state index is 13.9. The van der Waals surface area contributed by atoms with Crippen molar-refractivity contribution in [3.05, 3.63) is 51.5 Å². The summed E-state index contributed by atoms with van der Waals surface area (Å²) in [6.07, 6.45) is 1.95. The lowest BCUT2D eigenvalue weighted by molar-refractivity contribution is -0.0373. The van der Waals surface area contributed by atoms with Gasteiger partial charge in [0, 0.05) is 17.5 Å². The van der Waals surface area contributed by atoms with Crippen molar-refractivity contribution >= 4 is 17.2 Å². The average Bonchev–Trinajstić information content (AvgIpc) is 3.45. The number of carbonyl (C=O) groups excluding carboxylic acids is 1. The molecule has 1 aromatic carbocycles. The number of hydrogen-bond donors (Lipinski definition) is 0. The standard InChI is InChI=1S/C27H33N3O3S/c1-17(2)12-20-13-22-18(14-23(20)32-5)6-7-21-24(26(31)29-9-10-33-16-27(29,3)4)28-25(30(21)22)19-8-11-34-15-19/h8,11,13-15,17H,6-7,9-10,12,16H2,1-5H3/i5D3. The predicted octanol–water partition coefficient (Wildman–Crippen LogP) is 5.16. The number of hydrogen-bond acceptors (Lipinski definition) is 5. The van der Waals surface area contributed by atoms with Gasteiger partial charge >= 0.3 is 0 Å². The maximum Gasteiger partial charge on any atom is 0.274 e. The average molecular weight is 483 g/mol. The monoisotopic (exact) mass is 482 g/mol. The first kappa shape index (κ1) is 19.6. The molecule has 180 valence electrons. The first-order chi connectivity index (χ1) is 17.4. The molecule has 0 spiro atoms. The van der Waals surface area contributed by atoms with E-state index in [1.807, 2.05) is 47.7 Å². The number of aromatic nitrogens is 2. The summed E-state index contributed by atoms with van der Waals surface area (Å²) in [7, 11) is -2.53. The summed E-state index contributed by atoms with van der Waals surface area (Å²) < 4.78 is 36.2. The second-order valence-corrected chi connectivity index (χ2v) is 11.0. The van der Waals surface area contributed by atoms with E-state index in [1.54, 1.807) is 11.3 Å². The molecule has 3 aromatic rings. The van der Waals surface area contributed by atoms with Gasteiger partial charge in [-0.3, -0.25) is 9.36 Å². The fourth-order valence-corrected chi connectivity index (χ4v) is 5.71. The van der Waals surface area contributed by atoms with Crippen LogP contribution in [-0.2, 0) is 24.0 Å². The molecule has 1 fully saturated rings. The van der Waals surface area contributed by atoms with Gasteiger partial charge in [-0.05, 0) is 73.7 Å². The van der Waals surface area contributed by atoms with Crippen LogP contribution in [0.5, 0.6) is 5.75 Å². The van der Waals surface area contributed by atoms with Crippen LogP contribution in [0.15, 0.2) is 29.0 Å². The van der Waals surface area contributed by atoms with E-state index in [2.05, 4.69) is 18.4 Å². The molecule has 4 heterocycles.